The van der Waals surface area contributed by atoms with Gasteiger partial charge in [-0.25, -0.2) is 4.79 Å². The number of hydrogen-bond acceptors (Lipinski definition) is 5. The zero-order valence-corrected chi connectivity index (χ0v) is 22.9. The smallest absolute Gasteiger partial charge is 0.416 e. The number of nitrogens with one attached hydrogen (secondary N) is 1. The number of ether oxygens (including phenoxy) is 1. The monoisotopic (exact) mass is 572 g/mol. The van der Waals surface area contributed by atoms with Crippen LogP contribution >= 0.6 is 0 Å². The van der Waals surface area contributed by atoms with Crippen molar-refractivity contribution in [1.29, 1.82) is 0 Å². The van der Waals surface area contributed by atoms with Crippen molar-refractivity contribution < 1.29 is 32.3 Å². The minimum atomic E-state index is -4.35. The summed E-state index contributed by atoms with van der Waals surface area (Å²) in [6.45, 7) is 4.70. The summed E-state index contributed by atoms with van der Waals surface area (Å²) in [6, 6.07) is 12.4. The molecule has 0 aromatic heterocycles. The highest BCUT2D eigenvalue weighted by molar-refractivity contribution is 5.94. The third kappa shape index (κ3) is 7.19. The van der Waals surface area contributed by atoms with E-state index in [0.29, 0.717) is 77.1 Å². The summed E-state index contributed by atoms with van der Waals surface area (Å²) in [5, 5.41) is 2.89. The predicted molar refractivity (Wildman–Crippen MR) is 145 cm³/mol. The first-order valence-corrected chi connectivity index (χ1v) is 14.1. The molecular weight excluding hydrogens is 537 g/mol. The van der Waals surface area contributed by atoms with Crippen LogP contribution < -0.4 is 5.32 Å². The molecule has 5 rings (SSSR count). The molecule has 0 saturated carbocycles. The van der Waals surface area contributed by atoms with Crippen molar-refractivity contribution >= 4 is 17.9 Å². The van der Waals surface area contributed by atoms with Crippen LogP contribution in [0.15, 0.2) is 48.5 Å². The maximum Gasteiger partial charge on any atom is 0.416 e. The summed E-state index contributed by atoms with van der Waals surface area (Å²) in [5.41, 5.74) is 1.02. The van der Waals surface area contributed by atoms with Crippen LogP contribution in [0.5, 0.6) is 0 Å². The minimum absolute atomic E-state index is 0.174. The number of carbonyl (C=O) groups excluding carboxylic acids is 3. The van der Waals surface area contributed by atoms with Gasteiger partial charge in [0.15, 0.2) is 0 Å². The van der Waals surface area contributed by atoms with E-state index in [1.54, 1.807) is 17.0 Å². The van der Waals surface area contributed by atoms with E-state index >= 15 is 0 Å². The first-order chi connectivity index (χ1) is 19.6. The Hall–Kier alpha value is -3.60. The van der Waals surface area contributed by atoms with E-state index in [0.717, 1.165) is 36.2 Å². The maximum atomic E-state index is 12.8. The number of halogens is 3. The molecule has 3 saturated heterocycles. The quantitative estimate of drug-likeness (QED) is 0.450. The fourth-order valence-corrected chi connectivity index (χ4v) is 5.75. The van der Waals surface area contributed by atoms with E-state index in [4.69, 9.17) is 4.74 Å². The van der Waals surface area contributed by atoms with Gasteiger partial charge >= 0.3 is 12.3 Å². The van der Waals surface area contributed by atoms with E-state index in [-0.39, 0.29) is 17.9 Å². The molecule has 3 fully saturated rings. The Morgan fingerprint density at radius 3 is 2.20 bits per heavy atom. The molecule has 0 bridgehead atoms. The lowest BCUT2D eigenvalue weighted by atomic mass is 9.91. The van der Waals surface area contributed by atoms with Gasteiger partial charge in [0.25, 0.3) is 5.91 Å². The van der Waals surface area contributed by atoms with Gasteiger partial charge in [-0.2, -0.15) is 13.2 Å². The van der Waals surface area contributed by atoms with Gasteiger partial charge in [-0.05, 0) is 48.2 Å². The molecule has 0 unspecified atom stereocenters. The van der Waals surface area contributed by atoms with Gasteiger partial charge in [0, 0.05) is 70.6 Å². The van der Waals surface area contributed by atoms with Crippen molar-refractivity contribution in [2.75, 3.05) is 39.3 Å². The van der Waals surface area contributed by atoms with E-state index in [2.05, 4.69) is 10.2 Å². The van der Waals surface area contributed by atoms with Gasteiger partial charge in [0.2, 0.25) is 5.91 Å². The third-order valence-corrected chi connectivity index (χ3v) is 8.15. The SMILES string of the molecule is O=C(NCCCN1CCCC1=O)c1ccc(CN2CC3(CCN(Cc4ccc(C(F)(F)F)cc4)CC3)OC2=O)cc1. The summed E-state index contributed by atoms with van der Waals surface area (Å²) in [6.07, 6.45) is -1.17. The lowest BCUT2D eigenvalue weighted by molar-refractivity contribution is -0.137. The Kier molecular flexibility index (Phi) is 8.53. The van der Waals surface area contributed by atoms with Crippen molar-refractivity contribution in [3.8, 4) is 0 Å². The summed E-state index contributed by atoms with van der Waals surface area (Å²) >= 11 is 0. The van der Waals surface area contributed by atoms with Gasteiger partial charge in [0.05, 0.1) is 12.1 Å². The molecule has 2 aromatic rings. The molecule has 3 aliphatic heterocycles. The average molecular weight is 573 g/mol. The molecule has 220 valence electrons. The van der Waals surface area contributed by atoms with Crippen molar-refractivity contribution in [1.82, 2.24) is 20.0 Å². The maximum absolute atomic E-state index is 12.8. The van der Waals surface area contributed by atoms with E-state index < -0.39 is 17.3 Å². The molecule has 0 aliphatic carbocycles. The standard InChI is InChI=1S/C30H35F3N4O4/c31-30(32,33)25-10-6-22(7-11-25)19-35-17-12-29(13-18-35)21-37(28(40)41-29)20-23-4-8-24(9-5-23)27(39)34-14-2-16-36-15-1-3-26(36)38/h4-11H,1-3,12-21H2,(H,34,39). The highest BCUT2D eigenvalue weighted by atomic mass is 19.4. The molecule has 11 heteroatoms. The van der Waals surface area contributed by atoms with Crippen LogP contribution in [0, 0.1) is 0 Å². The van der Waals surface area contributed by atoms with Crippen LogP contribution in [0.2, 0.25) is 0 Å². The van der Waals surface area contributed by atoms with Crippen LogP contribution in [0.25, 0.3) is 0 Å². The minimum Gasteiger partial charge on any atom is -0.441 e. The third-order valence-electron chi connectivity index (χ3n) is 8.15. The fourth-order valence-electron chi connectivity index (χ4n) is 5.75. The number of carbonyl (C=O) groups is 3. The lowest BCUT2D eigenvalue weighted by Crippen LogP contribution is -2.46. The number of amides is 3. The van der Waals surface area contributed by atoms with Crippen LogP contribution in [0.3, 0.4) is 0 Å². The lowest BCUT2D eigenvalue weighted by Gasteiger charge is -2.37. The van der Waals surface area contributed by atoms with Crippen LogP contribution in [0.1, 0.15) is 59.2 Å². The van der Waals surface area contributed by atoms with Crippen molar-refractivity contribution in [2.45, 2.75) is 57.0 Å². The fraction of sp³-hybridized carbons (Fsp3) is 0.500. The number of alkyl halides is 3. The van der Waals surface area contributed by atoms with E-state index in [9.17, 15) is 27.6 Å². The molecule has 2 aromatic carbocycles. The molecular formula is C30H35F3N4O4. The summed E-state index contributed by atoms with van der Waals surface area (Å²) in [7, 11) is 0. The Labute approximate surface area is 237 Å². The Morgan fingerprint density at radius 2 is 1.56 bits per heavy atom. The van der Waals surface area contributed by atoms with E-state index in [1.165, 1.54) is 12.1 Å². The number of rotatable bonds is 9. The second kappa shape index (κ2) is 12.1. The van der Waals surface area contributed by atoms with Gasteiger partial charge in [-0.15, -0.1) is 0 Å². The predicted octanol–water partition coefficient (Wildman–Crippen LogP) is 4.43. The second-order valence-electron chi connectivity index (χ2n) is 11.2. The summed E-state index contributed by atoms with van der Waals surface area (Å²) in [5.74, 6) is 0.00811. The summed E-state index contributed by atoms with van der Waals surface area (Å²) < 4.78 is 44.3. The number of likely N-dealkylation sites (tertiary alicyclic amines) is 2. The largest absolute Gasteiger partial charge is 0.441 e. The van der Waals surface area contributed by atoms with Gasteiger partial charge in [-0.3, -0.25) is 19.4 Å². The first-order valence-electron chi connectivity index (χ1n) is 14.1. The Balaban J connectivity index is 1.05. The molecule has 3 amide bonds. The number of benzene rings is 2. The van der Waals surface area contributed by atoms with Crippen LogP contribution in [0.4, 0.5) is 18.0 Å². The molecule has 1 N–H and O–H groups in total. The number of hydrogen-bond donors (Lipinski definition) is 1. The zero-order chi connectivity index (χ0) is 29.0. The zero-order valence-electron chi connectivity index (χ0n) is 22.9. The molecule has 1 spiro atoms. The van der Waals surface area contributed by atoms with Crippen molar-refractivity contribution in [3.63, 3.8) is 0 Å². The highest BCUT2D eigenvalue weighted by Gasteiger charge is 2.46. The topological polar surface area (TPSA) is 82.2 Å². The van der Waals surface area contributed by atoms with Crippen molar-refractivity contribution in [3.05, 3.63) is 70.8 Å². The molecule has 0 radical (unpaired) electrons. The number of piperidine rings is 1. The molecule has 3 aliphatic rings. The van der Waals surface area contributed by atoms with Gasteiger partial charge in [0.1, 0.15) is 5.60 Å². The van der Waals surface area contributed by atoms with Crippen molar-refractivity contribution in [2.24, 2.45) is 0 Å². The molecule has 8 nitrogen and oxygen atoms in total. The highest BCUT2D eigenvalue weighted by Crippen LogP contribution is 2.35. The van der Waals surface area contributed by atoms with Gasteiger partial charge in [-0.1, -0.05) is 24.3 Å². The van der Waals surface area contributed by atoms with Crippen LogP contribution in [-0.2, 0) is 28.8 Å². The van der Waals surface area contributed by atoms with Crippen LogP contribution in [-0.4, -0.2) is 77.5 Å². The molecule has 3 heterocycles. The molecule has 0 atom stereocenters. The first kappa shape index (κ1) is 28.9. The molecule has 41 heavy (non-hydrogen) atoms. The summed E-state index contributed by atoms with van der Waals surface area (Å²) in [4.78, 5) is 42.5. The van der Waals surface area contributed by atoms with Gasteiger partial charge < -0.3 is 15.0 Å². The number of nitrogens with zero attached hydrogens (tertiary/aromatic N) is 3. The Morgan fingerprint density at radius 1 is 0.902 bits per heavy atom. The second-order valence-corrected chi connectivity index (χ2v) is 11.2. The average Bonchev–Trinajstić information content (AvgIpc) is 3.49. The Bertz CT molecular complexity index is 1240. The normalized spacial score (nSPS) is 19.2. The van der Waals surface area contributed by atoms with E-state index in [1.807, 2.05) is 17.0 Å².